The van der Waals surface area contributed by atoms with Gasteiger partial charge in [-0.2, -0.15) is 0 Å². The number of benzene rings is 1. The Morgan fingerprint density at radius 1 is 1.14 bits per heavy atom. The molecule has 0 unspecified atom stereocenters. The van der Waals surface area contributed by atoms with Gasteiger partial charge in [-0.05, 0) is 45.7 Å². The van der Waals surface area contributed by atoms with E-state index in [1.165, 1.54) is 9.80 Å². The van der Waals surface area contributed by atoms with E-state index in [2.05, 4.69) is 15.6 Å². The molecule has 2 aromatic rings. The quantitative estimate of drug-likeness (QED) is 0.575. The van der Waals surface area contributed by atoms with Crippen LogP contribution in [0.1, 0.15) is 62.1 Å². The third kappa shape index (κ3) is 6.84. The predicted molar refractivity (Wildman–Crippen MR) is 150 cm³/mol. The Morgan fingerprint density at radius 2 is 1.95 bits per heavy atom. The van der Waals surface area contributed by atoms with Crippen molar-refractivity contribution in [2.24, 2.45) is 0 Å². The van der Waals surface area contributed by atoms with Crippen molar-refractivity contribution in [1.82, 2.24) is 30.1 Å². The van der Waals surface area contributed by atoms with E-state index in [-0.39, 0.29) is 50.1 Å². The molecule has 0 spiro atoms. The summed E-state index contributed by atoms with van der Waals surface area (Å²) in [5, 5.41) is 11.5. The molecule has 13 heteroatoms. The molecule has 228 valence electrons. The highest BCUT2D eigenvalue weighted by atomic mass is 16.6. The average molecular weight is 585 g/mol. The molecule has 2 saturated heterocycles. The van der Waals surface area contributed by atoms with Crippen molar-refractivity contribution in [1.29, 1.82) is 0 Å². The predicted octanol–water partition coefficient (Wildman–Crippen LogP) is 2.17. The summed E-state index contributed by atoms with van der Waals surface area (Å²) in [6.45, 7) is 6.67. The maximum Gasteiger partial charge on any atom is 0.410 e. The number of aromatic nitrogens is 3. The number of para-hydroxylation sites is 1. The third-order valence-corrected chi connectivity index (χ3v) is 7.66. The molecule has 0 saturated carbocycles. The Kier molecular flexibility index (Phi) is 8.97. The van der Waals surface area contributed by atoms with Crippen molar-refractivity contribution in [3.63, 3.8) is 0 Å². The SMILES string of the molecule is COCc1cn([C@@H]2CC[C@H]3CCOc4ccccc4C(=O)N4CCN(C(=O)OC(C)(C)C)C[C@H]4C(=O)NC[C@H]2O3)nn1. The summed E-state index contributed by atoms with van der Waals surface area (Å²) in [4.78, 5) is 43.6. The number of ether oxygens (including phenoxy) is 4. The Bertz CT molecular complexity index is 1280. The molecule has 1 N–H and O–H groups in total. The van der Waals surface area contributed by atoms with Gasteiger partial charge in [0.25, 0.3) is 5.91 Å². The fraction of sp³-hybridized carbons (Fsp3) is 0.621. The number of carbonyl (C=O) groups excluding carboxylic acids is 3. The minimum absolute atomic E-state index is 0.00343. The molecule has 1 aromatic heterocycles. The van der Waals surface area contributed by atoms with Crippen LogP contribution >= 0.6 is 0 Å². The Balaban J connectivity index is 1.42. The van der Waals surface area contributed by atoms with E-state index in [0.717, 1.165) is 12.8 Å². The molecule has 4 heterocycles. The van der Waals surface area contributed by atoms with Gasteiger partial charge in [-0.1, -0.05) is 17.3 Å². The zero-order valence-corrected chi connectivity index (χ0v) is 24.7. The highest BCUT2D eigenvalue weighted by Gasteiger charge is 2.41. The van der Waals surface area contributed by atoms with Gasteiger partial charge < -0.3 is 34.1 Å². The molecule has 42 heavy (non-hydrogen) atoms. The molecule has 1 aromatic carbocycles. The summed E-state index contributed by atoms with van der Waals surface area (Å²) in [7, 11) is 1.60. The second-order valence-corrected chi connectivity index (χ2v) is 11.9. The maximum atomic E-state index is 13.9. The van der Waals surface area contributed by atoms with Crippen LogP contribution in [0.5, 0.6) is 5.75 Å². The molecule has 0 aliphatic carbocycles. The van der Waals surface area contributed by atoms with Gasteiger partial charge in [0.1, 0.15) is 23.1 Å². The van der Waals surface area contributed by atoms with Gasteiger partial charge in [0.2, 0.25) is 5.91 Å². The van der Waals surface area contributed by atoms with Crippen LogP contribution in [0.25, 0.3) is 0 Å². The van der Waals surface area contributed by atoms with Crippen LogP contribution in [0.2, 0.25) is 0 Å². The molecule has 3 aliphatic heterocycles. The van der Waals surface area contributed by atoms with Crippen LogP contribution in [0.3, 0.4) is 0 Å². The lowest BCUT2D eigenvalue weighted by Crippen LogP contribution is -2.62. The van der Waals surface area contributed by atoms with E-state index >= 15 is 0 Å². The number of nitrogens with one attached hydrogen (secondary N) is 1. The second-order valence-electron chi connectivity index (χ2n) is 11.9. The van der Waals surface area contributed by atoms with E-state index in [1.807, 2.05) is 12.3 Å². The Morgan fingerprint density at radius 3 is 2.74 bits per heavy atom. The van der Waals surface area contributed by atoms with Crippen molar-refractivity contribution in [2.45, 2.75) is 76.5 Å². The van der Waals surface area contributed by atoms with Crippen molar-refractivity contribution in [3.8, 4) is 5.75 Å². The van der Waals surface area contributed by atoms with Crippen LogP contribution in [0.15, 0.2) is 30.5 Å². The van der Waals surface area contributed by atoms with Crippen LogP contribution < -0.4 is 10.1 Å². The molecule has 5 rings (SSSR count). The summed E-state index contributed by atoms with van der Waals surface area (Å²) < 4.78 is 25.1. The summed E-state index contributed by atoms with van der Waals surface area (Å²) >= 11 is 0. The van der Waals surface area contributed by atoms with Crippen LogP contribution in [-0.4, -0.2) is 106 Å². The van der Waals surface area contributed by atoms with Crippen molar-refractivity contribution < 1.29 is 33.3 Å². The lowest BCUT2D eigenvalue weighted by molar-refractivity contribution is -0.130. The van der Waals surface area contributed by atoms with Gasteiger partial charge in [0.15, 0.2) is 0 Å². The number of amides is 3. The second kappa shape index (κ2) is 12.7. The molecule has 3 amide bonds. The molecule has 13 nitrogen and oxygen atoms in total. The van der Waals surface area contributed by atoms with E-state index < -0.39 is 23.8 Å². The normalized spacial score (nSPS) is 25.4. The Labute approximate surface area is 245 Å². The number of hydrogen-bond acceptors (Lipinski definition) is 9. The standard InChI is InChI=1S/C29H40N6O7/c1-29(2,3)42-28(38)33-12-13-34-23(17-33)26(36)30-15-25-22(35-16-19(18-39-4)31-32-35)10-9-20(41-25)11-14-40-24-8-6-5-7-21(24)27(34)37/h5-8,16,20,22-23,25H,9-15,17-18H2,1-4H3,(H,30,36)/t20-,22+,23-,25+/m0/s1. The van der Waals surface area contributed by atoms with Crippen LogP contribution in [-0.2, 0) is 25.6 Å². The van der Waals surface area contributed by atoms with E-state index in [9.17, 15) is 14.4 Å². The van der Waals surface area contributed by atoms with Crippen molar-refractivity contribution in [2.75, 3.05) is 39.9 Å². The summed E-state index contributed by atoms with van der Waals surface area (Å²) in [6.07, 6.45) is 3.01. The highest BCUT2D eigenvalue weighted by molar-refractivity contribution is 6.00. The number of piperazine rings is 1. The number of methoxy groups -OCH3 is 1. The fourth-order valence-corrected chi connectivity index (χ4v) is 5.62. The van der Waals surface area contributed by atoms with Gasteiger partial charge in [-0.3, -0.25) is 9.59 Å². The smallest absolute Gasteiger partial charge is 0.410 e. The summed E-state index contributed by atoms with van der Waals surface area (Å²) in [5.41, 5.74) is 0.383. The van der Waals surface area contributed by atoms with E-state index in [4.69, 9.17) is 18.9 Å². The first-order chi connectivity index (χ1) is 20.1. The number of nitrogens with zero attached hydrogens (tertiary/aromatic N) is 5. The lowest BCUT2D eigenvalue weighted by Gasteiger charge is -2.41. The molecular weight excluding hydrogens is 544 g/mol. The first-order valence-electron chi connectivity index (χ1n) is 14.5. The topological polar surface area (TPSA) is 137 Å². The zero-order chi connectivity index (χ0) is 29.9. The van der Waals surface area contributed by atoms with E-state index in [0.29, 0.717) is 36.6 Å². The summed E-state index contributed by atoms with van der Waals surface area (Å²) in [5.74, 6) is -0.253. The van der Waals surface area contributed by atoms with Gasteiger partial charge in [0.05, 0.1) is 49.8 Å². The zero-order valence-electron chi connectivity index (χ0n) is 24.7. The monoisotopic (exact) mass is 584 g/mol. The molecule has 0 radical (unpaired) electrons. The number of carbonyl (C=O) groups is 3. The third-order valence-electron chi connectivity index (χ3n) is 7.66. The van der Waals surface area contributed by atoms with Gasteiger partial charge >= 0.3 is 6.09 Å². The fourth-order valence-electron chi connectivity index (χ4n) is 5.62. The first kappa shape index (κ1) is 29.8. The molecule has 4 atom stereocenters. The van der Waals surface area contributed by atoms with Crippen LogP contribution in [0.4, 0.5) is 4.79 Å². The molecule has 3 aliphatic rings. The largest absolute Gasteiger partial charge is 0.493 e. The average Bonchev–Trinajstić information content (AvgIpc) is 3.43. The van der Waals surface area contributed by atoms with Crippen LogP contribution in [0, 0.1) is 0 Å². The van der Waals surface area contributed by atoms with Gasteiger partial charge in [0, 0.05) is 33.2 Å². The van der Waals surface area contributed by atoms with Crippen molar-refractivity contribution >= 4 is 17.9 Å². The molecule has 2 fully saturated rings. The highest BCUT2D eigenvalue weighted by Crippen LogP contribution is 2.31. The minimum atomic E-state index is -0.938. The number of fused-ring (bicyclic) bond motifs is 4. The van der Waals surface area contributed by atoms with Crippen molar-refractivity contribution in [3.05, 3.63) is 41.7 Å². The number of hydrogen-bond donors (Lipinski definition) is 1. The lowest BCUT2D eigenvalue weighted by atomic mass is 9.96. The van der Waals surface area contributed by atoms with Gasteiger partial charge in [-0.25, -0.2) is 9.48 Å². The summed E-state index contributed by atoms with van der Waals surface area (Å²) in [6, 6.07) is 5.95. The maximum absolute atomic E-state index is 13.9. The van der Waals surface area contributed by atoms with Gasteiger partial charge in [-0.15, -0.1) is 5.10 Å². The van der Waals surface area contributed by atoms with E-state index in [1.54, 1.807) is 50.8 Å². The number of rotatable bonds is 3. The molecule has 2 bridgehead atoms. The Hall–Kier alpha value is -3.71. The minimum Gasteiger partial charge on any atom is -0.493 e. The first-order valence-corrected chi connectivity index (χ1v) is 14.5. The molecular formula is C29H40N6O7.